The normalized spacial score (nSPS) is 11.5. The first-order valence-corrected chi connectivity index (χ1v) is 9.76. The van der Waals surface area contributed by atoms with Crippen LogP contribution in [0.15, 0.2) is 65.8 Å². The van der Waals surface area contributed by atoms with Gasteiger partial charge in [-0.25, -0.2) is 10.1 Å². The molecule has 8 nitrogen and oxygen atoms in total. The zero-order valence-corrected chi connectivity index (χ0v) is 17.4. The number of H-pyrrole nitrogens is 1. The Morgan fingerprint density at radius 1 is 1.10 bits per heavy atom. The number of hydrazone groups is 1. The van der Waals surface area contributed by atoms with Crippen LogP contribution in [0.1, 0.15) is 34.4 Å². The molecule has 2 aromatic heterocycles. The van der Waals surface area contributed by atoms with Gasteiger partial charge in [0.15, 0.2) is 0 Å². The molecule has 2 heterocycles. The predicted octanol–water partition coefficient (Wildman–Crippen LogP) is 3.74. The Kier molecular flexibility index (Phi) is 5.36. The lowest BCUT2D eigenvalue weighted by molar-refractivity contribution is 0.0950. The van der Waals surface area contributed by atoms with Crippen LogP contribution in [0.4, 0.5) is 0 Å². The average molecular weight is 414 g/mol. The van der Waals surface area contributed by atoms with Crippen molar-refractivity contribution in [3.05, 3.63) is 83.3 Å². The Morgan fingerprint density at radius 3 is 2.55 bits per heavy atom. The maximum Gasteiger partial charge on any atom is 0.289 e. The van der Waals surface area contributed by atoms with E-state index in [0.29, 0.717) is 17.0 Å². The number of carbonyl (C=O) groups excluding carboxylic acids is 1. The minimum absolute atomic E-state index is 0.100. The van der Waals surface area contributed by atoms with Crippen molar-refractivity contribution >= 4 is 11.6 Å². The molecule has 31 heavy (non-hydrogen) atoms. The van der Waals surface area contributed by atoms with Crippen molar-refractivity contribution in [2.75, 3.05) is 0 Å². The number of nitrogens with zero attached hydrogens (tertiary/aromatic N) is 4. The molecule has 3 N–H and O–H groups in total. The van der Waals surface area contributed by atoms with Gasteiger partial charge in [-0.2, -0.15) is 15.3 Å². The van der Waals surface area contributed by atoms with Gasteiger partial charge < -0.3 is 5.11 Å². The molecule has 0 aliphatic carbocycles. The molecule has 4 rings (SSSR count). The van der Waals surface area contributed by atoms with Crippen LogP contribution in [0, 0.1) is 13.8 Å². The lowest BCUT2D eigenvalue weighted by Gasteiger charge is -2.04. The molecule has 0 saturated carbocycles. The molecule has 0 aliphatic heterocycles. The molecular weight excluding hydrogens is 392 g/mol. The topological polar surface area (TPSA) is 108 Å². The Morgan fingerprint density at radius 2 is 1.81 bits per heavy atom. The number of phenols is 1. The summed E-state index contributed by atoms with van der Waals surface area (Å²) in [7, 11) is 0. The summed E-state index contributed by atoms with van der Waals surface area (Å²) >= 11 is 0. The highest BCUT2D eigenvalue weighted by Gasteiger charge is 2.19. The zero-order valence-electron chi connectivity index (χ0n) is 17.4. The van der Waals surface area contributed by atoms with Crippen molar-refractivity contribution < 1.29 is 9.90 Å². The second kappa shape index (κ2) is 8.27. The van der Waals surface area contributed by atoms with Gasteiger partial charge in [-0.1, -0.05) is 30.3 Å². The Labute approximate surface area is 179 Å². The lowest BCUT2D eigenvalue weighted by atomic mass is 10.1. The van der Waals surface area contributed by atoms with E-state index in [0.717, 1.165) is 22.6 Å². The summed E-state index contributed by atoms with van der Waals surface area (Å²) in [5, 5.41) is 25.7. The molecule has 0 fully saturated rings. The standard InChI is InChI=1S/C23H22N6O2/c1-14(18-11-7-8-12-21(18)30)24-27-23(31)20-13-19(25-26-20)22-15(2)28-29(16(22)3)17-9-5-4-6-10-17/h4-13,30H,1-3H3,(H,25,26)(H,27,31)/b24-14+. The zero-order chi connectivity index (χ0) is 22.0. The van der Waals surface area contributed by atoms with Crippen molar-refractivity contribution in [1.82, 2.24) is 25.4 Å². The second-order valence-corrected chi connectivity index (χ2v) is 7.12. The minimum atomic E-state index is -0.431. The smallest absolute Gasteiger partial charge is 0.289 e. The number of aryl methyl sites for hydroxylation is 1. The third kappa shape index (κ3) is 3.95. The molecule has 156 valence electrons. The minimum Gasteiger partial charge on any atom is -0.507 e. The fourth-order valence-electron chi connectivity index (χ4n) is 3.43. The number of nitrogens with one attached hydrogen (secondary N) is 2. The van der Waals surface area contributed by atoms with Gasteiger partial charge in [-0.3, -0.25) is 9.89 Å². The van der Waals surface area contributed by atoms with Gasteiger partial charge in [0.2, 0.25) is 0 Å². The van der Waals surface area contributed by atoms with Crippen molar-refractivity contribution in [3.63, 3.8) is 0 Å². The third-order valence-corrected chi connectivity index (χ3v) is 4.99. The van der Waals surface area contributed by atoms with Crippen LogP contribution in [0.3, 0.4) is 0 Å². The number of hydrogen-bond donors (Lipinski definition) is 3. The molecule has 0 radical (unpaired) electrons. The number of benzene rings is 2. The van der Waals surface area contributed by atoms with Crippen molar-refractivity contribution in [2.24, 2.45) is 5.10 Å². The largest absolute Gasteiger partial charge is 0.507 e. The van der Waals surface area contributed by atoms with Crippen LogP contribution < -0.4 is 5.43 Å². The van der Waals surface area contributed by atoms with Gasteiger partial charge in [0.25, 0.3) is 5.91 Å². The average Bonchev–Trinajstić information content (AvgIpc) is 3.37. The fourth-order valence-corrected chi connectivity index (χ4v) is 3.43. The van der Waals surface area contributed by atoms with Crippen molar-refractivity contribution in [1.29, 1.82) is 0 Å². The first-order valence-electron chi connectivity index (χ1n) is 9.76. The van der Waals surface area contributed by atoms with E-state index in [9.17, 15) is 9.90 Å². The summed E-state index contributed by atoms with van der Waals surface area (Å²) in [5.41, 5.74) is 8.00. The van der Waals surface area contributed by atoms with E-state index in [1.165, 1.54) is 0 Å². The number of carbonyl (C=O) groups is 1. The number of phenolic OH excluding ortho intramolecular Hbond substituents is 1. The van der Waals surface area contributed by atoms with E-state index >= 15 is 0 Å². The van der Waals surface area contributed by atoms with Gasteiger partial charge in [0.05, 0.1) is 28.5 Å². The van der Waals surface area contributed by atoms with E-state index in [1.807, 2.05) is 48.9 Å². The van der Waals surface area contributed by atoms with Crippen LogP contribution in [0.2, 0.25) is 0 Å². The van der Waals surface area contributed by atoms with E-state index < -0.39 is 5.91 Å². The van der Waals surface area contributed by atoms with Crippen LogP contribution in [0.25, 0.3) is 16.9 Å². The number of aromatic nitrogens is 4. The molecular formula is C23H22N6O2. The first-order chi connectivity index (χ1) is 15.0. The van der Waals surface area contributed by atoms with Crippen LogP contribution in [-0.2, 0) is 0 Å². The van der Waals surface area contributed by atoms with Gasteiger partial charge >= 0.3 is 0 Å². The second-order valence-electron chi connectivity index (χ2n) is 7.12. The number of hydrogen-bond acceptors (Lipinski definition) is 5. The predicted molar refractivity (Wildman–Crippen MR) is 118 cm³/mol. The maximum absolute atomic E-state index is 12.5. The lowest BCUT2D eigenvalue weighted by Crippen LogP contribution is -2.19. The van der Waals surface area contributed by atoms with Crippen molar-refractivity contribution in [3.8, 4) is 22.7 Å². The van der Waals surface area contributed by atoms with Crippen LogP contribution >= 0.6 is 0 Å². The molecule has 1 amide bonds. The highest BCUT2D eigenvalue weighted by atomic mass is 16.3. The van der Waals surface area contributed by atoms with Crippen molar-refractivity contribution in [2.45, 2.75) is 20.8 Å². The summed E-state index contributed by atoms with van der Waals surface area (Å²) in [6.07, 6.45) is 0. The quantitative estimate of drug-likeness (QED) is 0.341. The van der Waals surface area contributed by atoms with E-state index in [1.54, 1.807) is 37.3 Å². The maximum atomic E-state index is 12.5. The van der Waals surface area contributed by atoms with E-state index in [2.05, 4.69) is 25.8 Å². The highest BCUT2D eigenvalue weighted by molar-refractivity contribution is 6.02. The summed E-state index contributed by atoms with van der Waals surface area (Å²) in [4.78, 5) is 12.5. The third-order valence-electron chi connectivity index (χ3n) is 4.99. The Balaban J connectivity index is 1.56. The molecule has 0 aliphatic rings. The van der Waals surface area contributed by atoms with E-state index in [-0.39, 0.29) is 11.4 Å². The molecule has 0 unspecified atom stereocenters. The molecule has 0 atom stereocenters. The van der Waals surface area contributed by atoms with E-state index in [4.69, 9.17) is 0 Å². The monoisotopic (exact) mass is 414 g/mol. The fraction of sp³-hybridized carbons (Fsp3) is 0.130. The molecule has 0 bridgehead atoms. The van der Waals surface area contributed by atoms with Gasteiger partial charge in [0, 0.05) is 11.1 Å². The molecule has 4 aromatic rings. The number of amides is 1. The van der Waals surface area contributed by atoms with Gasteiger partial charge in [-0.05, 0) is 51.1 Å². The summed E-state index contributed by atoms with van der Waals surface area (Å²) in [6.45, 7) is 5.59. The van der Waals surface area contributed by atoms with Gasteiger partial charge in [-0.15, -0.1) is 0 Å². The number of rotatable bonds is 5. The SMILES string of the molecule is C/C(=N\NC(=O)c1cc(-c2c(C)nn(-c3ccccc3)c2C)n[nH]1)c1ccccc1O. The summed E-state index contributed by atoms with van der Waals surface area (Å²) < 4.78 is 1.86. The number of para-hydroxylation sites is 2. The first kappa shape index (κ1) is 20.1. The molecule has 2 aromatic carbocycles. The number of aromatic amines is 1. The van der Waals surface area contributed by atoms with Crippen LogP contribution in [-0.4, -0.2) is 36.7 Å². The van der Waals surface area contributed by atoms with Gasteiger partial charge in [0.1, 0.15) is 11.4 Å². The Bertz CT molecular complexity index is 1270. The van der Waals surface area contributed by atoms with Crippen LogP contribution in [0.5, 0.6) is 5.75 Å². The number of aromatic hydroxyl groups is 1. The Hall–Kier alpha value is -4.20. The molecule has 8 heteroatoms. The molecule has 0 spiro atoms. The summed E-state index contributed by atoms with van der Waals surface area (Å²) in [6, 6.07) is 18.3. The molecule has 0 saturated heterocycles. The highest BCUT2D eigenvalue weighted by Crippen LogP contribution is 2.27. The summed E-state index contributed by atoms with van der Waals surface area (Å²) in [5.74, 6) is -0.331.